The number of anilines is 4. The quantitative estimate of drug-likeness (QED) is 0.0687. The van der Waals surface area contributed by atoms with Crippen molar-refractivity contribution < 1.29 is 46.0 Å². The van der Waals surface area contributed by atoms with Gasteiger partial charge in [0.05, 0.1) is 15.7 Å². The van der Waals surface area contributed by atoms with E-state index < -0.39 is 0 Å². The number of hydrogen-bond donors (Lipinski definition) is 3. The van der Waals surface area contributed by atoms with Gasteiger partial charge in [-0.3, -0.25) is 28.8 Å². The number of para-hydroxylation sites is 4. The molecule has 10 aliphatic heterocycles. The molecular formula is C95H127N13O9S3. The predicted octanol–water partition coefficient (Wildman–Crippen LogP) is 17.3. The van der Waals surface area contributed by atoms with Gasteiger partial charge in [0.15, 0.2) is 0 Å². The second-order valence-corrected chi connectivity index (χ2v) is 40.5. The molecule has 7 saturated heterocycles. The second kappa shape index (κ2) is 39.3. The van der Waals surface area contributed by atoms with Crippen LogP contribution < -0.4 is 20.9 Å². The van der Waals surface area contributed by atoms with Crippen LogP contribution in [0.5, 0.6) is 0 Å². The fraction of sp³-hybridized carbons (Fsp3) is 0.526. The number of likely N-dealkylation sites (tertiary alicyclic amines) is 3. The minimum atomic E-state index is -0.385. The number of carbonyl (C=O) groups is 9. The number of nitrogens with one attached hydrogen (secondary N) is 3. The summed E-state index contributed by atoms with van der Waals surface area (Å²) in [5.74, 6) is 0.701. The van der Waals surface area contributed by atoms with Crippen LogP contribution in [0.15, 0.2) is 158 Å². The van der Waals surface area contributed by atoms with E-state index in [4.69, 9.17) is 0 Å². The Morgan fingerprint density at radius 3 is 1.18 bits per heavy atom. The van der Waals surface area contributed by atoms with E-state index in [1.54, 1.807) is 35.3 Å². The van der Waals surface area contributed by atoms with Gasteiger partial charge in [0.1, 0.15) is 16.1 Å². The number of hydrogen-bond acceptors (Lipinski definition) is 13. The molecule has 0 aromatic heterocycles. The number of rotatable bonds is 19. The third-order valence-corrected chi connectivity index (χ3v) is 29.7. The fourth-order valence-electron chi connectivity index (χ4n) is 18.4. The van der Waals surface area contributed by atoms with Crippen LogP contribution >= 0.6 is 35.3 Å². The molecule has 25 heteroatoms. The maximum absolute atomic E-state index is 14.0. The number of carbonyl (C=O) groups excluding carboxylic acids is 9. The first-order valence-electron chi connectivity index (χ1n) is 43.9. The van der Waals surface area contributed by atoms with Crippen molar-refractivity contribution in [3.8, 4) is 0 Å². The Kier molecular flexibility index (Phi) is 28.6. The summed E-state index contributed by atoms with van der Waals surface area (Å²) >= 11 is 4.87. The van der Waals surface area contributed by atoms with Crippen molar-refractivity contribution in [3.05, 3.63) is 191 Å². The summed E-state index contributed by atoms with van der Waals surface area (Å²) in [6.07, 6.45) is 12.3. The van der Waals surface area contributed by atoms with Gasteiger partial charge in [-0.2, -0.15) is 0 Å². The lowest BCUT2D eigenvalue weighted by Gasteiger charge is -2.40. The molecular weight excluding hydrogens is 1560 g/mol. The molecule has 16 rings (SSSR count). The zero-order valence-corrected chi connectivity index (χ0v) is 73.8. The van der Waals surface area contributed by atoms with Crippen LogP contribution in [0.1, 0.15) is 198 Å². The Morgan fingerprint density at radius 1 is 0.400 bits per heavy atom. The number of piperidine rings is 4. The largest absolute Gasteiger partial charge is 0.371 e. The van der Waals surface area contributed by atoms with Crippen molar-refractivity contribution in [1.82, 2.24) is 44.1 Å². The lowest BCUT2D eigenvalue weighted by atomic mass is 9.92. The molecule has 0 bridgehead atoms. The van der Waals surface area contributed by atoms with E-state index in [2.05, 4.69) is 142 Å². The summed E-state index contributed by atoms with van der Waals surface area (Å²) in [6, 6.07) is 52.8. The van der Waals surface area contributed by atoms with E-state index in [1.165, 1.54) is 30.5 Å². The number of amides is 12. The number of nitrogens with zero attached hydrogens (tertiary/aromatic N) is 10. The highest BCUT2D eigenvalue weighted by Crippen LogP contribution is 2.50. The van der Waals surface area contributed by atoms with Gasteiger partial charge in [-0.1, -0.05) is 189 Å². The zero-order valence-electron chi connectivity index (χ0n) is 71.4. The van der Waals surface area contributed by atoms with Crippen LogP contribution in [0.25, 0.3) is 0 Å². The van der Waals surface area contributed by atoms with E-state index in [0.29, 0.717) is 84.5 Å². The van der Waals surface area contributed by atoms with Gasteiger partial charge < -0.3 is 64.9 Å². The third kappa shape index (κ3) is 21.4. The van der Waals surface area contributed by atoms with E-state index in [-0.39, 0.29) is 136 Å². The average Bonchev–Trinajstić information content (AvgIpc) is 1.48. The zero-order chi connectivity index (χ0) is 84.4. The first kappa shape index (κ1) is 87.2. The van der Waals surface area contributed by atoms with Gasteiger partial charge in [0.2, 0.25) is 35.4 Å². The SMILES string of the molecule is CC(C)(C)CCN1C(=O)C(CC(=O)N2CCC(N3CCc4ccccc4NC3=O)CC2)SC1c1ccccc1.CC(C)(C)CCN1C(=O)C(CC(=O)N2CCC(N3CCc4ccccc4NC3=O)CC2)SC1c1ccccc1N1CCCCC1.CC(C)CN1C(=O)C(CC(=O)N2CCC(N3Cc4ccccc4NC3=O)CC2)SC1c1ccccc1.[HH].[HH]. The van der Waals surface area contributed by atoms with Crippen LogP contribution in [-0.4, -0.2) is 217 Å². The van der Waals surface area contributed by atoms with Crippen LogP contribution in [0, 0.1) is 16.7 Å². The molecule has 0 saturated carbocycles. The van der Waals surface area contributed by atoms with Crippen molar-refractivity contribution in [2.75, 3.05) is 106 Å². The molecule has 644 valence electrons. The van der Waals surface area contributed by atoms with Crippen LogP contribution in [-0.2, 0) is 48.2 Å². The lowest BCUT2D eigenvalue weighted by molar-refractivity contribution is -0.137. The molecule has 10 aliphatic rings. The number of fused-ring (bicyclic) bond motifs is 3. The van der Waals surface area contributed by atoms with Gasteiger partial charge in [0, 0.05) is 160 Å². The van der Waals surface area contributed by atoms with E-state index in [9.17, 15) is 43.2 Å². The fourth-order valence-corrected chi connectivity index (χ4v) is 22.8. The third-order valence-electron chi connectivity index (χ3n) is 25.2. The van der Waals surface area contributed by atoms with Gasteiger partial charge in [-0.15, -0.1) is 35.3 Å². The van der Waals surface area contributed by atoms with E-state index in [0.717, 1.165) is 122 Å². The summed E-state index contributed by atoms with van der Waals surface area (Å²) in [4.78, 5) is 140. The van der Waals surface area contributed by atoms with Crippen molar-refractivity contribution in [1.29, 1.82) is 0 Å². The number of thioether (sulfide) groups is 3. The molecule has 6 aromatic rings. The average molecular weight is 1690 g/mol. The highest BCUT2D eigenvalue weighted by Gasteiger charge is 2.48. The topological polar surface area (TPSA) is 222 Å². The molecule has 0 radical (unpaired) electrons. The molecule has 7 fully saturated rings. The Morgan fingerprint density at radius 2 is 0.750 bits per heavy atom. The highest BCUT2D eigenvalue weighted by atomic mass is 32.2. The van der Waals surface area contributed by atoms with Gasteiger partial charge in [-0.25, -0.2) is 14.4 Å². The van der Waals surface area contributed by atoms with E-state index >= 15 is 0 Å². The molecule has 12 amide bonds. The molecule has 6 atom stereocenters. The van der Waals surface area contributed by atoms with Crippen molar-refractivity contribution in [2.45, 2.75) is 215 Å². The Balaban J connectivity index is 0.000000167. The van der Waals surface area contributed by atoms with Gasteiger partial charge >= 0.3 is 18.1 Å². The smallest absolute Gasteiger partial charge is 0.322 e. The molecule has 120 heavy (non-hydrogen) atoms. The summed E-state index contributed by atoms with van der Waals surface area (Å²) < 4.78 is 0. The molecule has 3 N–H and O–H groups in total. The molecule has 6 unspecified atom stereocenters. The van der Waals surface area contributed by atoms with Gasteiger partial charge in [-0.05, 0) is 152 Å². The van der Waals surface area contributed by atoms with Gasteiger partial charge in [0.25, 0.3) is 0 Å². The summed E-state index contributed by atoms with van der Waals surface area (Å²) in [7, 11) is 0. The normalized spacial score (nSPS) is 22.8. The number of benzene rings is 6. The summed E-state index contributed by atoms with van der Waals surface area (Å²) in [6.45, 7) is 27.2. The molecule has 22 nitrogen and oxygen atoms in total. The predicted molar refractivity (Wildman–Crippen MR) is 486 cm³/mol. The molecule has 0 aliphatic carbocycles. The maximum Gasteiger partial charge on any atom is 0.322 e. The molecule has 10 heterocycles. The lowest BCUT2D eigenvalue weighted by Crippen LogP contribution is -2.51. The Hall–Kier alpha value is -9.20. The Bertz CT molecular complexity index is 4610. The minimum absolute atomic E-state index is 0. The first-order valence-corrected chi connectivity index (χ1v) is 46.7. The van der Waals surface area contributed by atoms with Crippen LogP contribution in [0.4, 0.5) is 37.1 Å². The number of urea groups is 3. The first-order chi connectivity index (χ1) is 57.8. The van der Waals surface area contributed by atoms with Crippen molar-refractivity contribution in [3.63, 3.8) is 0 Å². The summed E-state index contributed by atoms with van der Waals surface area (Å²) in [5.41, 5.74) is 11.0. The van der Waals surface area contributed by atoms with E-state index in [1.807, 2.05) is 136 Å². The van der Waals surface area contributed by atoms with Crippen molar-refractivity contribution in [2.24, 2.45) is 16.7 Å². The minimum Gasteiger partial charge on any atom is -0.371 e. The van der Waals surface area contributed by atoms with Crippen LogP contribution in [0.3, 0.4) is 0 Å². The summed E-state index contributed by atoms with van der Waals surface area (Å²) in [5, 5.41) is 7.82. The maximum atomic E-state index is 14.0. The molecule has 0 spiro atoms. The standard InChI is InChI=1S/C36H49N5O3S.C31H40N4O3S.C28H34N4O3S.2H2/c1-36(2,3)18-24-41-33(43)31(45-34(41)28-12-6-8-14-30(28)38-19-9-4-10-20-38)25-32(42)39-21-16-27(17-22-39)40-23-15-26-11-5-7-13-29(26)37-35(40)44;1-31(2,3)16-20-35-28(37)26(39-29(35)23-10-5-4-6-11-23)21-27(36)33-17-14-24(15-18-33)34-19-13-22-9-7-8-12-25(22)32-30(34)38;1-19(2)17-32-26(34)24(36-27(32)20-8-4-3-5-9-20)16-25(33)30-14-12-22(13-15-30)31-18-21-10-6-7-11-23(21)29-28(31)35;;/h5-8,11-14,27,31,34H,4,9-10,15-25H2,1-3H3,(H,37,44);4-12,24,26,29H,13-21H2,1-3H3,(H,32,38);3-11,19,22,24,27H,12-18H2,1-2H3,(H,29,35);2*1H. The Labute approximate surface area is 725 Å². The van der Waals surface area contributed by atoms with Crippen molar-refractivity contribution >= 4 is 112 Å². The highest BCUT2D eigenvalue weighted by molar-refractivity contribution is 8.01. The molecule has 6 aromatic carbocycles. The van der Waals surface area contributed by atoms with Crippen LogP contribution in [0.2, 0.25) is 0 Å². The monoisotopic (exact) mass is 1690 g/mol. The second-order valence-electron chi connectivity index (χ2n) is 36.7.